The van der Waals surface area contributed by atoms with Crippen molar-refractivity contribution in [3.8, 4) is 0 Å². The van der Waals surface area contributed by atoms with Gasteiger partial charge < -0.3 is 0 Å². The molecule has 0 bridgehead atoms. The third kappa shape index (κ3) is 5.05. The summed E-state index contributed by atoms with van der Waals surface area (Å²) in [6, 6.07) is 0. The molecule has 0 N–H and O–H groups in total. The van der Waals surface area contributed by atoms with Crippen LogP contribution in [0.15, 0.2) is 5.85 Å². The van der Waals surface area contributed by atoms with Gasteiger partial charge in [0.1, 0.15) is 0 Å². The van der Waals surface area contributed by atoms with E-state index in [0.717, 1.165) is 13.8 Å². The average Bonchev–Trinajstić information content (AvgIpc) is 2.01. The Morgan fingerprint density at radius 1 is 1.07 bits per heavy atom. The Balaban J connectivity index is 5.22. The quantitative estimate of drug-likeness (QED) is 0.296. The molecule has 0 aromatic carbocycles. The molecule has 11 heteroatoms. The van der Waals surface area contributed by atoms with Crippen LogP contribution in [-0.4, -0.2) is 34.6 Å². The first-order valence-electron chi connectivity index (χ1n) is 3.47. The summed E-state index contributed by atoms with van der Waals surface area (Å²) in [5, 5.41) is 0. The molecule has 0 saturated heterocycles. The van der Waals surface area contributed by atoms with E-state index in [1.807, 2.05) is 0 Å². The number of rotatable bonds is 4. The molecule has 0 spiro atoms. The minimum atomic E-state index is -5.14. The summed E-state index contributed by atoms with van der Waals surface area (Å²) in [6.07, 6.45) is 0. The molecule has 0 aliphatic carbocycles. The molecular formula is C4H6N6O4Pb. The first kappa shape index (κ1) is 13.5. The molecule has 80 valence electrons. The molecule has 0 aromatic rings. The number of hydrogen-bond donors (Lipinski definition) is 0. The van der Waals surface area contributed by atoms with Crippen LogP contribution >= 0.6 is 0 Å². The van der Waals surface area contributed by atoms with Crippen LogP contribution in [0, 0.1) is 0 Å². The van der Waals surface area contributed by atoms with E-state index >= 15 is 0 Å². The summed E-state index contributed by atoms with van der Waals surface area (Å²) in [5.41, 5.74) is 16.4. The molecule has 0 radical (unpaired) electrons. The number of azide groups is 1. The van der Waals surface area contributed by atoms with Crippen LogP contribution in [0.4, 0.5) is 0 Å². The molecule has 10 nitrogen and oxygen atoms in total. The van der Waals surface area contributed by atoms with E-state index in [0.29, 0.717) is 0 Å². The zero-order valence-corrected chi connectivity index (χ0v) is 11.7. The first-order valence-corrected chi connectivity index (χ1v) is 10.1. The molecule has 0 aliphatic heterocycles. The van der Waals surface area contributed by atoms with Crippen molar-refractivity contribution in [3.05, 3.63) is 20.9 Å². The molecule has 0 aliphatic rings. The summed E-state index contributed by atoms with van der Waals surface area (Å²) >= 11 is -5.14. The van der Waals surface area contributed by atoms with Gasteiger partial charge in [-0.1, -0.05) is 0 Å². The average molecular weight is 409 g/mol. The van der Waals surface area contributed by atoms with Crippen LogP contribution < -0.4 is 0 Å². The van der Waals surface area contributed by atoms with Crippen LogP contribution in [0.25, 0.3) is 20.9 Å². The van der Waals surface area contributed by atoms with Gasteiger partial charge in [0.2, 0.25) is 0 Å². The summed E-state index contributed by atoms with van der Waals surface area (Å²) in [6.45, 7) is 2.02. The van der Waals surface area contributed by atoms with Crippen LogP contribution in [0.5, 0.6) is 0 Å². The summed E-state index contributed by atoms with van der Waals surface area (Å²) < 4.78 is 15.1. The van der Waals surface area contributed by atoms with Crippen LogP contribution in [0.1, 0.15) is 13.8 Å². The Bertz CT molecular complexity index is 333. The number of nitrogens with zero attached hydrogens (tertiary/aromatic N) is 6. The fraction of sp³-hybridized carbons (Fsp3) is 0.500. The van der Waals surface area contributed by atoms with Crippen molar-refractivity contribution in [3.63, 3.8) is 0 Å². The topological polar surface area (TPSA) is 150 Å². The van der Waals surface area contributed by atoms with E-state index < -0.39 is 34.6 Å². The molecular weight excluding hydrogens is 403 g/mol. The zero-order chi connectivity index (χ0) is 11.9. The van der Waals surface area contributed by atoms with E-state index in [4.69, 9.17) is 11.1 Å². The van der Waals surface area contributed by atoms with Gasteiger partial charge in [-0.3, -0.25) is 0 Å². The van der Waals surface area contributed by atoms with Gasteiger partial charge in [0, 0.05) is 0 Å². The van der Waals surface area contributed by atoms with Crippen molar-refractivity contribution in [2.24, 2.45) is 5.85 Å². The second kappa shape index (κ2) is 6.06. The summed E-state index contributed by atoms with van der Waals surface area (Å²) in [7, 11) is 0. The van der Waals surface area contributed by atoms with Crippen molar-refractivity contribution < 1.29 is 15.0 Å². The Morgan fingerprint density at radius 2 is 1.40 bits per heavy atom. The van der Waals surface area contributed by atoms with Gasteiger partial charge in [0.05, 0.1) is 0 Å². The normalized spacial score (nSPS) is 9.20. The van der Waals surface area contributed by atoms with Gasteiger partial charge in [0.15, 0.2) is 0 Å². The van der Waals surface area contributed by atoms with Gasteiger partial charge in [-0.25, -0.2) is 0 Å². The Labute approximate surface area is 90.2 Å². The van der Waals surface area contributed by atoms with Crippen LogP contribution in [0.2, 0.25) is 0 Å². The molecule has 0 fully saturated rings. The second-order valence-corrected chi connectivity index (χ2v) is 9.52. The molecule has 0 unspecified atom stereocenters. The Hall–Kier alpha value is -1.52. The predicted octanol–water partition coefficient (Wildman–Crippen LogP) is 1.17. The molecule has 0 rings (SSSR count). The molecule has 0 amide bonds. The third-order valence-electron chi connectivity index (χ3n) is 0.896. The SMILES string of the molecule is CC(=O)[O][Pb]([N]=[N+]=[N-])([N]=[N+]=[N-])[O]C(C)=O. The van der Waals surface area contributed by atoms with Crippen LogP contribution in [-0.2, 0) is 15.0 Å². The van der Waals surface area contributed by atoms with Gasteiger partial charge >= 0.3 is 90.2 Å². The van der Waals surface area contributed by atoms with E-state index in [2.05, 4.69) is 21.0 Å². The van der Waals surface area contributed by atoms with Crippen molar-refractivity contribution in [1.29, 1.82) is 0 Å². The number of carbonyl (C=O) groups excluding carboxylic acids is 2. The van der Waals surface area contributed by atoms with E-state index in [9.17, 15) is 9.59 Å². The Morgan fingerprint density at radius 3 is 1.60 bits per heavy atom. The van der Waals surface area contributed by atoms with Gasteiger partial charge in [-0.2, -0.15) is 0 Å². The van der Waals surface area contributed by atoms with E-state index in [1.165, 1.54) is 0 Å². The van der Waals surface area contributed by atoms with E-state index in [1.54, 1.807) is 0 Å². The maximum atomic E-state index is 10.7. The molecule has 0 atom stereocenters. The maximum absolute atomic E-state index is 10.7. The molecule has 15 heavy (non-hydrogen) atoms. The number of carbonyl (C=O) groups is 2. The fourth-order valence-electron chi connectivity index (χ4n) is 0.610. The third-order valence-corrected chi connectivity index (χ3v) is 7.86. The zero-order valence-electron chi connectivity index (χ0n) is 7.82. The second-order valence-electron chi connectivity index (χ2n) is 2.11. The molecule has 0 heterocycles. The van der Waals surface area contributed by atoms with Gasteiger partial charge in [-0.15, -0.1) is 0 Å². The van der Waals surface area contributed by atoms with Gasteiger partial charge in [-0.05, 0) is 0 Å². The number of hydrogen-bond acceptors (Lipinski definition) is 6. The molecule has 0 saturated carbocycles. The van der Waals surface area contributed by atoms with Gasteiger partial charge in [0.25, 0.3) is 0 Å². The van der Waals surface area contributed by atoms with Crippen molar-refractivity contribution in [1.82, 2.24) is 0 Å². The summed E-state index contributed by atoms with van der Waals surface area (Å²) in [4.78, 5) is 26.0. The monoisotopic (exact) mass is 410 g/mol. The van der Waals surface area contributed by atoms with Crippen LogP contribution in [0.3, 0.4) is 0 Å². The molecule has 0 aromatic heterocycles. The Kier molecular flexibility index (Phi) is 5.44. The fourth-order valence-corrected chi connectivity index (χ4v) is 5.35. The van der Waals surface area contributed by atoms with Crippen molar-refractivity contribution >= 4 is 34.6 Å². The standard InChI is InChI=1S/2C2H4O2.2N3.Pb/c2*1-2(3)4;2*1-3-2;/h2*1H3,(H,3,4);;;/q;;2*-1;+4/p-2. The predicted molar refractivity (Wildman–Crippen MR) is 47.6 cm³/mol. The summed E-state index contributed by atoms with van der Waals surface area (Å²) in [5.74, 6) is -1.70. The first-order chi connectivity index (χ1) is 6.95. The minimum absolute atomic E-state index is 0.849. The van der Waals surface area contributed by atoms with E-state index in [-0.39, 0.29) is 0 Å². The van der Waals surface area contributed by atoms with Crippen molar-refractivity contribution in [2.75, 3.05) is 0 Å². The van der Waals surface area contributed by atoms with Crippen molar-refractivity contribution in [2.45, 2.75) is 13.8 Å².